The maximum atomic E-state index is 11.5. The van der Waals surface area contributed by atoms with Crippen molar-refractivity contribution in [2.24, 2.45) is 0 Å². The van der Waals surface area contributed by atoms with Crippen LogP contribution in [0.4, 0.5) is 0 Å². The van der Waals surface area contributed by atoms with Crippen molar-refractivity contribution in [3.05, 3.63) is 22.4 Å². The average molecular weight is 296 g/mol. The number of nitrogens with zero attached hydrogens (tertiary/aromatic N) is 1. The lowest BCUT2D eigenvalue weighted by molar-refractivity contribution is -1.07. The zero-order chi connectivity index (χ0) is 15.1. The van der Waals surface area contributed by atoms with Gasteiger partial charge in [0, 0.05) is 12.1 Å². The van der Waals surface area contributed by atoms with Crippen LogP contribution in [0.15, 0.2) is 6.07 Å². The highest BCUT2D eigenvalue weighted by atomic mass is 16.8. The highest BCUT2D eigenvalue weighted by molar-refractivity contribution is 5.62. The molecule has 116 valence electrons. The van der Waals surface area contributed by atoms with Crippen LogP contribution in [0, 0.1) is 5.21 Å². The van der Waals surface area contributed by atoms with Gasteiger partial charge in [-0.1, -0.05) is 0 Å². The van der Waals surface area contributed by atoms with E-state index in [0.29, 0.717) is 17.2 Å². The Morgan fingerprint density at radius 3 is 2.95 bits per heavy atom. The Bertz CT molecular complexity index is 549. The summed E-state index contributed by atoms with van der Waals surface area (Å²) in [5.74, 6) is 1.86. The van der Waals surface area contributed by atoms with E-state index in [1.54, 1.807) is 14.0 Å². The molecule has 0 amide bonds. The summed E-state index contributed by atoms with van der Waals surface area (Å²) in [6.45, 7) is 2.70. The molecule has 3 atom stereocenters. The normalized spacial score (nSPS) is 23.6. The maximum absolute atomic E-state index is 11.5. The molecule has 1 aromatic rings. The van der Waals surface area contributed by atoms with Crippen molar-refractivity contribution in [3.8, 4) is 17.2 Å². The lowest BCUT2D eigenvalue weighted by Gasteiger charge is -2.39. The van der Waals surface area contributed by atoms with Crippen LogP contribution in [0.5, 0.6) is 17.2 Å². The summed E-state index contributed by atoms with van der Waals surface area (Å²) < 4.78 is 16.5. The van der Waals surface area contributed by atoms with Gasteiger partial charge in [0.2, 0.25) is 12.5 Å². The summed E-state index contributed by atoms with van der Waals surface area (Å²) in [4.78, 5) is 2.06. The van der Waals surface area contributed by atoms with Gasteiger partial charge in [0.25, 0.3) is 0 Å². The molecule has 0 spiro atoms. The number of methoxy groups -OCH3 is 1. The van der Waals surface area contributed by atoms with Crippen LogP contribution in [-0.4, -0.2) is 43.6 Å². The fraction of sp³-hybridized carbons (Fsp3) is 0.571. The van der Waals surface area contributed by atoms with Gasteiger partial charge >= 0.3 is 0 Å². The van der Waals surface area contributed by atoms with Crippen LogP contribution in [0.1, 0.15) is 24.1 Å². The first-order valence-corrected chi connectivity index (χ1v) is 6.97. The molecular formula is C14H20N2O5. The molecule has 21 heavy (non-hydrogen) atoms. The van der Waals surface area contributed by atoms with Crippen molar-refractivity contribution in [1.29, 1.82) is 0 Å². The summed E-state index contributed by atoms with van der Waals surface area (Å²) >= 11 is 0. The molecule has 0 radical (unpaired) electrons. The van der Waals surface area contributed by atoms with E-state index in [4.69, 9.17) is 14.2 Å². The molecule has 1 aromatic carbocycles. The Balaban J connectivity index is 2.16. The standard InChI is InChI=1S/C14H20N2O5/c1-8(16(17)18)12-11-9(4-5-15(12)2)6-10-13(14(11)19-3)21-7-20-10/h6,8,12,16-17H,4-5,7H2,1-3H3/t8-,12+/m0/s1. The van der Waals surface area contributed by atoms with E-state index < -0.39 is 11.3 Å². The van der Waals surface area contributed by atoms with Crippen molar-refractivity contribution in [2.75, 3.05) is 27.5 Å². The van der Waals surface area contributed by atoms with Crippen LogP contribution in [0.3, 0.4) is 0 Å². The number of ether oxygens (including phenoxy) is 3. The topological polar surface area (TPSA) is 78.7 Å². The number of benzene rings is 1. The zero-order valence-electron chi connectivity index (χ0n) is 12.4. The van der Waals surface area contributed by atoms with Crippen molar-refractivity contribution in [1.82, 2.24) is 4.90 Å². The van der Waals surface area contributed by atoms with E-state index in [1.165, 1.54) is 0 Å². The molecule has 3 rings (SSSR count). The Morgan fingerprint density at radius 2 is 2.29 bits per heavy atom. The molecule has 1 unspecified atom stereocenters. The molecule has 2 aliphatic rings. The lowest BCUT2D eigenvalue weighted by Crippen LogP contribution is -3.09. The summed E-state index contributed by atoms with van der Waals surface area (Å²) in [5.41, 5.74) is 1.98. The number of fused-ring (bicyclic) bond motifs is 2. The summed E-state index contributed by atoms with van der Waals surface area (Å²) in [7, 11) is 3.52. The molecule has 0 saturated heterocycles. The van der Waals surface area contributed by atoms with Gasteiger partial charge in [0.15, 0.2) is 11.5 Å². The maximum Gasteiger partial charge on any atom is 0.231 e. The Labute approximate surface area is 123 Å². The third-order valence-electron chi connectivity index (χ3n) is 4.32. The molecule has 0 bridgehead atoms. The largest absolute Gasteiger partial charge is 0.600 e. The summed E-state index contributed by atoms with van der Waals surface area (Å²) in [5, 5.41) is 20.1. The highest BCUT2D eigenvalue weighted by Gasteiger charge is 2.38. The number of hydroxylamine groups is 2. The van der Waals surface area contributed by atoms with Crippen LogP contribution in [-0.2, 0) is 6.42 Å². The lowest BCUT2D eigenvalue weighted by atomic mass is 9.88. The van der Waals surface area contributed by atoms with Gasteiger partial charge in [-0.3, -0.25) is 4.90 Å². The molecule has 0 aliphatic carbocycles. The molecule has 0 aromatic heterocycles. The monoisotopic (exact) mass is 296 g/mol. The van der Waals surface area contributed by atoms with Crippen molar-refractivity contribution < 1.29 is 24.6 Å². The summed E-state index contributed by atoms with van der Waals surface area (Å²) in [6.07, 6.45) is 0.835. The molecular weight excluding hydrogens is 276 g/mol. The van der Waals surface area contributed by atoms with Crippen LogP contribution in [0.2, 0.25) is 0 Å². The molecule has 7 heteroatoms. The predicted octanol–water partition coefficient (Wildman–Crippen LogP) is 0.113. The fourth-order valence-corrected chi connectivity index (χ4v) is 3.23. The average Bonchev–Trinajstić information content (AvgIpc) is 2.92. The second-order valence-corrected chi connectivity index (χ2v) is 5.52. The van der Waals surface area contributed by atoms with E-state index in [9.17, 15) is 10.4 Å². The van der Waals surface area contributed by atoms with Gasteiger partial charge < -0.3 is 19.4 Å². The van der Waals surface area contributed by atoms with Gasteiger partial charge in [0.1, 0.15) is 6.04 Å². The Morgan fingerprint density at radius 1 is 1.52 bits per heavy atom. The second-order valence-electron chi connectivity index (χ2n) is 5.52. The van der Waals surface area contributed by atoms with Crippen LogP contribution >= 0.6 is 0 Å². The quantitative estimate of drug-likeness (QED) is 0.771. The highest BCUT2D eigenvalue weighted by Crippen LogP contribution is 2.49. The van der Waals surface area contributed by atoms with E-state index in [2.05, 4.69) is 4.90 Å². The first-order chi connectivity index (χ1) is 10.0. The molecule has 2 N–H and O–H groups in total. The van der Waals surface area contributed by atoms with Crippen LogP contribution in [0.25, 0.3) is 0 Å². The van der Waals surface area contributed by atoms with Gasteiger partial charge in [-0.2, -0.15) is 0 Å². The van der Waals surface area contributed by atoms with Crippen molar-refractivity contribution >= 4 is 0 Å². The van der Waals surface area contributed by atoms with E-state index >= 15 is 0 Å². The zero-order valence-corrected chi connectivity index (χ0v) is 12.4. The molecule has 2 aliphatic heterocycles. The summed E-state index contributed by atoms with van der Waals surface area (Å²) in [6, 6.07) is 1.17. The number of hydrogen-bond acceptors (Lipinski definition) is 6. The number of hydrogen-bond donors (Lipinski definition) is 2. The predicted molar refractivity (Wildman–Crippen MR) is 73.8 cm³/mol. The smallest absolute Gasteiger partial charge is 0.231 e. The third kappa shape index (κ3) is 2.22. The van der Waals surface area contributed by atoms with Crippen molar-refractivity contribution in [2.45, 2.75) is 25.4 Å². The third-order valence-corrected chi connectivity index (χ3v) is 4.32. The first kappa shape index (κ1) is 14.4. The molecule has 0 saturated carbocycles. The molecule has 7 nitrogen and oxygen atoms in total. The minimum absolute atomic E-state index is 0.170. The minimum Gasteiger partial charge on any atom is -0.600 e. The van der Waals surface area contributed by atoms with Gasteiger partial charge in [-0.15, -0.1) is 0 Å². The number of rotatable bonds is 3. The van der Waals surface area contributed by atoms with Gasteiger partial charge in [0.05, 0.1) is 13.2 Å². The second kappa shape index (κ2) is 5.34. The van der Waals surface area contributed by atoms with Gasteiger partial charge in [-0.05, 0) is 32.0 Å². The SMILES string of the molecule is COc1c2c(cc3c1[C@@H]([C@H](C)[NH+]([O-])O)N(C)CC3)OCO2. The first-order valence-electron chi connectivity index (χ1n) is 6.97. The minimum atomic E-state index is -0.820. The van der Waals surface area contributed by atoms with Gasteiger partial charge in [-0.25, -0.2) is 10.4 Å². The van der Waals surface area contributed by atoms with Crippen LogP contribution < -0.4 is 19.4 Å². The van der Waals surface area contributed by atoms with E-state index in [-0.39, 0.29) is 12.8 Å². The Kier molecular flexibility index (Phi) is 3.66. The molecule has 0 fully saturated rings. The number of nitrogens with one attached hydrogen (secondary N) is 1. The van der Waals surface area contributed by atoms with E-state index in [0.717, 1.165) is 24.1 Å². The number of likely N-dealkylation sites (N-methyl/N-ethyl adjacent to an activating group) is 1. The fourth-order valence-electron chi connectivity index (χ4n) is 3.23. The molecule has 2 heterocycles. The Hall–Kier alpha value is -1.54. The number of quaternary nitrogens is 1. The van der Waals surface area contributed by atoms with Crippen molar-refractivity contribution in [3.63, 3.8) is 0 Å². The van der Waals surface area contributed by atoms with E-state index in [1.807, 2.05) is 13.1 Å².